The number of nitrogens with two attached hydrogens (primary N) is 1. The lowest BCUT2D eigenvalue weighted by molar-refractivity contribution is -0.137. The van der Waals surface area contributed by atoms with Gasteiger partial charge in [0.25, 0.3) is 0 Å². The Labute approximate surface area is 119 Å². The van der Waals surface area contributed by atoms with Crippen molar-refractivity contribution in [1.29, 1.82) is 0 Å². The van der Waals surface area contributed by atoms with Crippen LogP contribution in [0.15, 0.2) is 29.4 Å². The molecule has 0 aliphatic carbocycles. The number of carbonyl (C=O) groups excluding carboxylic acids is 1. The van der Waals surface area contributed by atoms with Crippen LogP contribution in [0.4, 0.5) is 18.9 Å². The molecule has 1 amide bonds. The molecule has 0 fully saturated rings. The van der Waals surface area contributed by atoms with Gasteiger partial charge in [-0.05, 0) is 31.5 Å². The summed E-state index contributed by atoms with van der Waals surface area (Å²) in [5.41, 5.74) is 3.27. The second-order valence-corrected chi connectivity index (χ2v) is 4.70. The molecule has 0 radical (unpaired) electrons. The molecule has 5 nitrogen and oxygen atoms in total. The maximum Gasteiger partial charge on any atom is 0.416 e. The monoisotopic (exact) mass is 303 g/mol. The molecule has 0 bridgehead atoms. The summed E-state index contributed by atoms with van der Waals surface area (Å²) in [6.45, 7) is 3.08. The molecule has 1 atom stereocenters. The van der Waals surface area contributed by atoms with Crippen LogP contribution < -0.4 is 11.1 Å². The van der Waals surface area contributed by atoms with E-state index in [-0.39, 0.29) is 17.9 Å². The first-order valence-electron chi connectivity index (χ1n) is 6.12. The molecule has 1 aromatic carbocycles. The number of halogens is 3. The zero-order chi connectivity index (χ0) is 16.3. The minimum atomic E-state index is -4.50. The van der Waals surface area contributed by atoms with E-state index in [0.29, 0.717) is 0 Å². The van der Waals surface area contributed by atoms with E-state index in [1.165, 1.54) is 19.1 Å². The first kappa shape index (κ1) is 16.8. The molecule has 1 aromatic rings. The van der Waals surface area contributed by atoms with Crippen LogP contribution in [0.2, 0.25) is 0 Å². The van der Waals surface area contributed by atoms with E-state index in [9.17, 15) is 18.0 Å². The van der Waals surface area contributed by atoms with E-state index in [2.05, 4.69) is 10.5 Å². The van der Waals surface area contributed by atoms with Crippen molar-refractivity contribution in [2.45, 2.75) is 26.4 Å². The smallest absolute Gasteiger partial charge is 0.409 e. The zero-order valence-corrected chi connectivity index (χ0v) is 11.5. The summed E-state index contributed by atoms with van der Waals surface area (Å²) in [5, 5.41) is 13.9. The summed E-state index contributed by atoms with van der Waals surface area (Å²) in [5.74, 6) is -0.964. The van der Waals surface area contributed by atoms with E-state index in [0.717, 1.165) is 12.1 Å². The Balaban J connectivity index is 3.03. The normalized spacial score (nSPS) is 15.4. The molecule has 0 saturated carbocycles. The van der Waals surface area contributed by atoms with Crippen LogP contribution in [0.1, 0.15) is 25.8 Å². The summed E-state index contributed by atoms with van der Waals surface area (Å²) in [7, 11) is 0. The van der Waals surface area contributed by atoms with E-state index in [1.807, 2.05) is 0 Å². The van der Waals surface area contributed by atoms with Gasteiger partial charge in [0.1, 0.15) is 5.41 Å². The summed E-state index contributed by atoms with van der Waals surface area (Å²) >= 11 is 0. The lowest BCUT2D eigenvalue weighted by Crippen LogP contribution is -2.44. The van der Waals surface area contributed by atoms with Gasteiger partial charge in [-0.15, -0.1) is 0 Å². The molecule has 0 aromatic heterocycles. The van der Waals surface area contributed by atoms with Crippen LogP contribution in [-0.2, 0) is 11.0 Å². The molecular formula is C13H16F3N3O2. The van der Waals surface area contributed by atoms with Gasteiger partial charge in [0.2, 0.25) is 5.91 Å². The van der Waals surface area contributed by atoms with Crippen molar-refractivity contribution < 1.29 is 23.2 Å². The predicted octanol–water partition coefficient (Wildman–Crippen LogP) is 2.81. The molecule has 0 heterocycles. The Morgan fingerprint density at radius 2 is 2.05 bits per heavy atom. The van der Waals surface area contributed by atoms with Crippen LogP contribution >= 0.6 is 0 Å². The summed E-state index contributed by atoms with van der Waals surface area (Å²) in [4.78, 5) is 12.2. The Morgan fingerprint density at radius 3 is 2.52 bits per heavy atom. The number of anilines is 1. The van der Waals surface area contributed by atoms with Gasteiger partial charge < -0.3 is 16.3 Å². The lowest BCUT2D eigenvalue weighted by Gasteiger charge is -2.25. The third kappa shape index (κ3) is 3.65. The quantitative estimate of drug-likeness (QED) is 0.346. The van der Waals surface area contributed by atoms with Crippen LogP contribution in [0, 0.1) is 5.41 Å². The Morgan fingerprint density at radius 1 is 1.43 bits per heavy atom. The van der Waals surface area contributed by atoms with E-state index < -0.39 is 23.1 Å². The number of carbonyl (C=O) groups is 1. The minimum Gasteiger partial charge on any atom is -0.409 e. The zero-order valence-electron chi connectivity index (χ0n) is 11.5. The highest BCUT2D eigenvalue weighted by molar-refractivity contribution is 6.11. The fraction of sp³-hybridized carbons (Fsp3) is 0.385. The van der Waals surface area contributed by atoms with Gasteiger partial charge in [-0.3, -0.25) is 4.79 Å². The molecule has 0 saturated heterocycles. The number of rotatable bonds is 4. The lowest BCUT2D eigenvalue weighted by atomic mass is 9.85. The predicted molar refractivity (Wildman–Crippen MR) is 71.9 cm³/mol. The van der Waals surface area contributed by atoms with Gasteiger partial charge in [0, 0.05) is 5.69 Å². The first-order chi connectivity index (χ1) is 9.65. The molecular weight excluding hydrogens is 287 g/mol. The highest BCUT2D eigenvalue weighted by Crippen LogP contribution is 2.31. The molecule has 0 aliphatic heterocycles. The first-order valence-corrected chi connectivity index (χ1v) is 6.12. The number of nitrogens with one attached hydrogen (secondary N) is 1. The maximum atomic E-state index is 12.6. The van der Waals surface area contributed by atoms with Gasteiger partial charge in [-0.1, -0.05) is 18.1 Å². The third-order valence-corrected chi connectivity index (χ3v) is 3.33. The van der Waals surface area contributed by atoms with Crippen LogP contribution in [-0.4, -0.2) is 17.0 Å². The number of hydrogen-bond donors (Lipinski definition) is 3. The van der Waals surface area contributed by atoms with Crippen molar-refractivity contribution in [1.82, 2.24) is 0 Å². The summed E-state index contributed by atoms with van der Waals surface area (Å²) < 4.78 is 37.8. The molecule has 4 N–H and O–H groups in total. The van der Waals surface area contributed by atoms with Crippen molar-refractivity contribution in [2.75, 3.05) is 5.32 Å². The van der Waals surface area contributed by atoms with Crippen LogP contribution in [0.5, 0.6) is 0 Å². The Hall–Kier alpha value is -2.25. The van der Waals surface area contributed by atoms with Gasteiger partial charge in [0.15, 0.2) is 5.84 Å². The summed E-state index contributed by atoms with van der Waals surface area (Å²) in [6, 6.07) is 4.24. The molecule has 1 unspecified atom stereocenters. The number of amides is 1. The maximum absolute atomic E-state index is 12.6. The van der Waals surface area contributed by atoms with E-state index in [4.69, 9.17) is 10.9 Å². The molecule has 1 rings (SSSR count). The number of alkyl halides is 3. The van der Waals surface area contributed by atoms with Gasteiger partial charge in [-0.25, -0.2) is 0 Å². The molecule has 8 heteroatoms. The second kappa shape index (κ2) is 6.02. The van der Waals surface area contributed by atoms with Crippen LogP contribution in [0.3, 0.4) is 0 Å². The van der Waals surface area contributed by atoms with Crippen molar-refractivity contribution in [2.24, 2.45) is 16.3 Å². The molecule has 21 heavy (non-hydrogen) atoms. The van der Waals surface area contributed by atoms with E-state index in [1.54, 1.807) is 6.92 Å². The van der Waals surface area contributed by atoms with Crippen molar-refractivity contribution >= 4 is 17.4 Å². The summed E-state index contributed by atoms with van der Waals surface area (Å²) in [6.07, 6.45) is -4.28. The van der Waals surface area contributed by atoms with Crippen molar-refractivity contribution in [3.63, 3.8) is 0 Å². The largest absolute Gasteiger partial charge is 0.416 e. The second-order valence-electron chi connectivity index (χ2n) is 4.70. The average molecular weight is 303 g/mol. The van der Waals surface area contributed by atoms with E-state index >= 15 is 0 Å². The molecule has 0 spiro atoms. The number of hydrogen-bond acceptors (Lipinski definition) is 3. The standard InChI is InChI=1S/C13H16F3N3O2/c1-3-12(2,10(17)19-21)11(20)18-9-6-4-5-8(7-9)13(14,15)16/h4-7,21H,3H2,1-2H3,(H2,17,19)(H,18,20). The Bertz CT molecular complexity index is 558. The third-order valence-electron chi connectivity index (χ3n) is 3.33. The molecule has 116 valence electrons. The van der Waals surface area contributed by atoms with Gasteiger partial charge in [-0.2, -0.15) is 13.2 Å². The van der Waals surface area contributed by atoms with Gasteiger partial charge in [0.05, 0.1) is 5.56 Å². The number of benzene rings is 1. The van der Waals surface area contributed by atoms with Crippen molar-refractivity contribution in [3.05, 3.63) is 29.8 Å². The Kier molecular flexibility index (Phi) is 4.82. The molecule has 0 aliphatic rings. The number of oxime groups is 1. The topological polar surface area (TPSA) is 87.7 Å². The number of amidine groups is 1. The SMILES string of the molecule is CCC(C)(C(=O)Nc1cccc(C(F)(F)F)c1)/C(N)=N/O. The minimum absolute atomic E-state index is 0.0137. The van der Waals surface area contributed by atoms with Crippen LogP contribution in [0.25, 0.3) is 0 Å². The fourth-order valence-electron chi connectivity index (χ4n) is 1.61. The fourth-order valence-corrected chi connectivity index (χ4v) is 1.61. The average Bonchev–Trinajstić information content (AvgIpc) is 2.44. The number of nitrogens with zero attached hydrogens (tertiary/aromatic N) is 1. The highest BCUT2D eigenvalue weighted by atomic mass is 19.4. The van der Waals surface area contributed by atoms with Gasteiger partial charge >= 0.3 is 6.18 Å². The van der Waals surface area contributed by atoms with Crippen molar-refractivity contribution in [3.8, 4) is 0 Å². The highest BCUT2D eigenvalue weighted by Gasteiger charge is 2.37.